The summed E-state index contributed by atoms with van der Waals surface area (Å²) in [5.74, 6) is 0.869. The average molecular weight is 412 g/mol. The smallest absolute Gasteiger partial charge is 0.162 e. The Hall–Kier alpha value is -2.16. The van der Waals surface area contributed by atoms with E-state index in [1.807, 2.05) is 26.0 Å². The second kappa shape index (κ2) is 8.91. The van der Waals surface area contributed by atoms with Gasteiger partial charge >= 0.3 is 0 Å². The number of rotatable bonds is 8. The average Bonchev–Trinajstić information content (AvgIpc) is 3.11. The summed E-state index contributed by atoms with van der Waals surface area (Å²) >= 11 is 0. The van der Waals surface area contributed by atoms with Crippen LogP contribution in [0.2, 0.25) is 0 Å². The molecule has 162 valence electrons. The molecule has 5 nitrogen and oxygen atoms in total. The minimum absolute atomic E-state index is 0.0636. The molecule has 2 heterocycles. The molecule has 0 amide bonds. The van der Waals surface area contributed by atoms with Gasteiger partial charge in [0.2, 0.25) is 0 Å². The maximum atomic E-state index is 12.1. The number of hydrogen-bond acceptors (Lipinski definition) is 5. The Morgan fingerprint density at radius 3 is 2.73 bits per heavy atom. The number of carbonyl (C=O) groups is 1. The number of ketones is 1. The summed E-state index contributed by atoms with van der Waals surface area (Å²) in [6, 6.07) is 2.33. The lowest BCUT2D eigenvalue weighted by atomic mass is 9.54. The van der Waals surface area contributed by atoms with E-state index in [0.29, 0.717) is 30.8 Å². The van der Waals surface area contributed by atoms with Gasteiger partial charge in [-0.25, -0.2) is 0 Å². The summed E-state index contributed by atoms with van der Waals surface area (Å²) in [6.45, 7) is 15.1. The van der Waals surface area contributed by atoms with Gasteiger partial charge in [-0.1, -0.05) is 37.8 Å². The van der Waals surface area contributed by atoms with Crippen LogP contribution in [0.1, 0.15) is 46.5 Å². The number of fused-ring (bicyclic) bond motifs is 3. The first-order valence-electron chi connectivity index (χ1n) is 10.8. The Bertz CT molecular complexity index is 833. The molecule has 30 heavy (non-hydrogen) atoms. The van der Waals surface area contributed by atoms with Crippen molar-refractivity contribution in [1.29, 1.82) is 5.26 Å². The highest BCUT2D eigenvalue weighted by atomic mass is 16.7. The molecule has 2 aliphatic heterocycles. The van der Waals surface area contributed by atoms with E-state index in [9.17, 15) is 10.1 Å². The molecule has 0 spiro atoms. The standard InChI is InChI=1S/C25H33NO4/c1-7-29-17(5)25-16(4)11-20(24(28-6)30-25)23(15(2)3)21(25)13-18(14-26)12-19-9-8-10-22(19)27/h9,13,16,20-21,23-24H,2,5,7-8,10-12H2,1,3-4,6H3/b18-13+/t16-,20+,21+,23-,24?,25+/m1/s1. The van der Waals surface area contributed by atoms with Gasteiger partial charge in [-0.15, -0.1) is 0 Å². The number of ether oxygens (including phenoxy) is 3. The van der Waals surface area contributed by atoms with Gasteiger partial charge in [0.05, 0.1) is 12.7 Å². The van der Waals surface area contributed by atoms with Crippen LogP contribution in [0.25, 0.3) is 0 Å². The van der Waals surface area contributed by atoms with Crippen molar-refractivity contribution in [2.24, 2.45) is 23.7 Å². The first-order chi connectivity index (χ1) is 14.3. The minimum atomic E-state index is -0.814. The van der Waals surface area contributed by atoms with Crippen LogP contribution < -0.4 is 0 Å². The summed E-state index contributed by atoms with van der Waals surface area (Å²) in [5.41, 5.74) is 1.53. The van der Waals surface area contributed by atoms with Gasteiger partial charge in [0.25, 0.3) is 0 Å². The molecule has 0 N–H and O–H groups in total. The lowest BCUT2D eigenvalue weighted by Gasteiger charge is -2.61. The fraction of sp³-hybridized carbons (Fsp3) is 0.600. The third-order valence-corrected chi connectivity index (χ3v) is 6.94. The van der Waals surface area contributed by atoms with Crippen LogP contribution in [0.4, 0.5) is 0 Å². The van der Waals surface area contributed by atoms with Gasteiger partial charge in [-0.05, 0) is 44.1 Å². The largest absolute Gasteiger partial charge is 0.496 e. The van der Waals surface area contributed by atoms with Crippen molar-refractivity contribution >= 4 is 5.78 Å². The van der Waals surface area contributed by atoms with Gasteiger partial charge in [0.15, 0.2) is 12.1 Å². The quantitative estimate of drug-likeness (QED) is 0.324. The molecule has 0 radical (unpaired) electrons. The second-order valence-corrected chi connectivity index (χ2v) is 8.74. The molecule has 2 saturated heterocycles. The predicted octanol–water partition coefficient (Wildman–Crippen LogP) is 4.87. The number of carbonyl (C=O) groups excluding carboxylic acids is 1. The van der Waals surface area contributed by atoms with Crippen LogP contribution in [0, 0.1) is 35.0 Å². The van der Waals surface area contributed by atoms with Crippen molar-refractivity contribution in [3.8, 4) is 6.07 Å². The first kappa shape index (κ1) is 22.5. The van der Waals surface area contributed by atoms with Gasteiger partial charge in [0, 0.05) is 37.4 Å². The van der Waals surface area contributed by atoms with Gasteiger partial charge in [0.1, 0.15) is 11.4 Å². The SMILES string of the molecule is C=C(C)[C@@H]1[C@@H]2C[C@@H](C)[C@@](C(=C)OCC)(OC2OC)[C@H]1/C=C(/C#N)CC1=CCCC1=O. The van der Waals surface area contributed by atoms with Gasteiger partial charge in [-0.2, -0.15) is 5.26 Å². The van der Waals surface area contributed by atoms with E-state index in [1.54, 1.807) is 7.11 Å². The van der Waals surface area contributed by atoms with Crippen molar-refractivity contribution in [2.45, 2.75) is 58.3 Å². The fourth-order valence-electron chi connectivity index (χ4n) is 5.66. The maximum absolute atomic E-state index is 12.1. The number of allylic oxidation sites excluding steroid dienone is 4. The molecular weight excluding hydrogens is 378 g/mol. The highest BCUT2D eigenvalue weighted by Gasteiger charge is 2.63. The van der Waals surface area contributed by atoms with E-state index >= 15 is 0 Å². The molecule has 6 atom stereocenters. The zero-order valence-corrected chi connectivity index (χ0v) is 18.6. The molecule has 4 rings (SSSR count). The second-order valence-electron chi connectivity index (χ2n) is 8.74. The molecule has 1 saturated carbocycles. The van der Waals surface area contributed by atoms with Crippen molar-refractivity contribution in [1.82, 2.24) is 0 Å². The summed E-state index contributed by atoms with van der Waals surface area (Å²) in [5, 5.41) is 9.89. The van der Waals surface area contributed by atoms with E-state index < -0.39 is 5.60 Å². The van der Waals surface area contributed by atoms with Gasteiger partial charge < -0.3 is 14.2 Å². The number of nitriles is 1. The van der Waals surface area contributed by atoms with E-state index in [4.69, 9.17) is 14.2 Å². The highest BCUT2D eigenvalue weighted by molar-refractivity contribution is 5.98. The minimum Gasteiger partial charge on any atom is -0.496 e. The summed E-state index contributed by atoms with van der Waals surface area (Å²) in [6.07, 6.45) is 6.12. The van der Waals surface area contributed by atoms with Crippen LogP contribution in [-0.4, -0.2) is 31.4 Å². The number of nitrogens with zero attached hydrogens (tertiary/aromatic N) is 1. The number of methoxy groups -OCH3 is 1. The normalized spacial score (nSPS) is 35.7. The first-order valence-corrected chi connectivity index (χ1v) is 10.8. The van der Waals surface area contributed by atoms with Crippen LogP contribution in [0.3, 0.4) is 0 Å². The Labute approximate surface area is 180 Å². The Morgan fingerprint density at radius 2 is 2.20 bits per heavy atom. The third-order valence-electron chi connectivity index (χ3n) is 6.94. The summed E-state index contributed by atoms with van der Waals surface area (Å²) < 4.78 is 18.2. The lowest BCUT2D eigenvalue weighted by molar-refractivity contribution is -0.322. The van der Waals surface area contributed by atoms with Gasteiger partial charge in [-0.3, -0.25) is 4.79 Å². The lowest BCUT2D eigenvalue weighted by Crippen LogP contribution is -2.65. The van der Waals surface area contributed by atoms with Crippen molar-refractivity contribution < 1.29 is 19.0 Å². The zero-order chi connectivity index (χ0) is 22.1. The van der Waals surface area contributed by atoms with E-state index in [1.165, 1.54) is 0 Å². The number of Topliss-reactive ketones (excluding diaryl/α,β-unsaturated/α-hetero) is 1. The molecule has 2 aliphatic carbocycles. The Balaban J connectivity index is 2.09. The van der Waals surface area contributed by atoms with Crippen LogP contribution >= 0.6 is 0 Å². The molecule has 4 aliphatic rings. The van der Waals surface area contributed by atoms with E-state index in [-0.39, 0.29) is 35.7 Å². The zero-order valence-electron chi connectivity index (χ0n) is 18.6. The maximum Gasteiger partial charge on any atom is 0.162 e. The molecule has 0 aromatic rings. The van der Waals surface area contributed by atoms with Crippen molar-refractivity contribution in [3.63, 3.8) is 0 Å². The highest BCUT2D eigenvalue weighted by Crippen LogP contribution is 2.59. The summed E-state index contributed by atoms with van der Waals surface area (Å²) in [7, 11) is 1.66. The molecule has 5 heteroatoms. The Kier molecular flexibility index (Phi) is 6.69. The molecule has 2 bridgehead atoms. The topological polar surface area (TPSA) is 68.6 Å². The molecular formula is C25H33NO4. The van der Waals surface area contributed by atoms with Crippen molar-refractivity contribution in [3.05, 3.63) is 47.8 Å². The third kappa shape index (κ3) is 3.68. The van der Waals surface area contributed by atoms with E-state index in [2.05, 4.69) is 26.2 Å². The number of hydrogen-bond donors (Lipinski definition) is 0. The summed E-state index contributed by atoms with van der Waals surface area (Å²) in [4.78, 5) is 12.1. The fourth-order valence-corrected chi connectivity index (χ4v) is 5.66. The predicted molar refractivity (Wildman–Crippen MR) is 115 cm³/mol. The van der Waals surface area contributed by atoms with Crippen LogP contribution in [0.5, 0.6) is 0 Å². The molecule has 0 aromatic carbocycles. The van der Waals surface area contributed by atoms with E-state index in [0.717, 1.165) is 24.0 Å². The van der Waals surface area contributed by atoms with Crippen molar-refractivity contribution in [2.75, 3.05) is 13.7 Å². The van der Waals surface area contributed by atoms with Crippen LogP contribution in [-0.2, 0) is 19.0 Å². The molecule has 3 fully saturated rings. The monoisotopic (exact) mass is 411 g/mol. The molecule has 1 unspecified atom stereocenters. The Morgan fingerprint density at radius 1 is 1.47 bits per heavy atom. The van der Waals surface area contributed by atoms with Crippen LogP contribution in [0.15, 0.2) is 47.8 Å². The molecule has 0 aromatic heterocycles.